The van der Waals surface area contributed by atoms with Crippen LogP contribution >= 0.6 is 0 Å². The molecule has 0 unspecified atom stereocenters. The lowest BCUT2D eigenvalue weighted by Crippen LogP contribution is -2.19. The van der Waals surface area contributed by atoms with Gasteiger partial charge in [0, 0.05) is 0 Å². The third kappa shape index (κ3) is 2.77. The van der Waals surface area contributed by atoms with Crippen molar-refractivity contribution in [2.45, 2.75) is 6.18 Å². The van der Waals surface area contributed by atoms with Gasteiger partial charge in [0.15, 0.2) is 0 Å². The second-order valence-electron chi connectivity index (χ2n) is 2.21. The molecule has 2 nitrogen and oxygen atoms in total. The number of hydrogen-bond acceptors (Lipinski definition) is 2. The molecule has 0 aliphatic carbocycles. The zero-order valence-corrected chi connectivity index (χ0v) is 6.34. The fourth-order valence-electron chi connectivity index (χ4n) is 0.638. The van der Waals surface area contributed by atoms with Crippen molar-refractivity contribution in [3.05, 3.63) is 30.2 Å². The highest BCUT2D eigenvalue weighted by molar-refractivity contribution is 5.97. The number of rotatable bonds is 2. The molecule has 0 saturated heterocycles. The first-order valence-corrected chi connectivity index (χ1v) is 3.33. The van der Waals surface area contributed by atoms with Crippen LogP contribution in [0.2, 0.25) is 0 Å². The third-order valence-electron chi connectivity index (χ3n) is 1.22. The summed E-state index contributed by atoms with van der Waals surface area (Å²) in [5.74, 6) is -1.69. The highest BCUT2D eigenvalue weighted by atomic mass is 19.4. The molecule has 1 heterocycles. The van der Waals surface area contributed by atoms with Gasteiger partial charge in [0.2, 0.25) is 0 Å². The number of carbonyl (C=O) groups is 1. The molecular formula is C8H5F3O2. The highest BCUT2D eigenvalue weighted by Crippen LogP contribution is 2.17. The molecule has 0 radical (unpaired) electrons. The number of ketones is 1. The molecule has 0 spiro atoms. The van der Waals surface area contributed by atoms with Gasteiger partial charge in [-0.2, -0.15) is 13.2 Å². The normalized spacial score (nSPS) is 12.2. The molecule has 1 aromatic heterocycles. The van der Waals surface area contributed by atoms with E-state index in [2.05, 4.69) is 0 Å². The summed E-state index contributed by atoms with van der Waals surface area (Å²) in [6, 6.07) is 2.96. The molecule has 70 valence electrons. The van der Waals surface area contributed by atoms with Gasteiger partial charge in [-0.05, 0) is 24.3 Å². The van der Waals surface area contributed by atoms with E-state index in [0.717, 1.165) is 6.08 Å². The van der Waals surface area contributed by atoms with Crippen molar-refractivity contribution in [2.24, 2.45) is 0 Å². The molecule has 0 saturated carbocycles. The molecule has 0 aliphatic heterocycles. The van der Waals surface area contributed by atoms with E-state index in [9.17, 15) is 18.0 Å². The van der Waals surface area contributed by atoms with Crippen LogP contribution in [-0.4, -0.2) is 12.0 Å². The van der Waals surface area contributed by atoms with Gasteiger partial charge in [-0.1, -0.05) is 0 Å². The van der Waals surface area contributed by atoms with Crippen LogP contribution in [0.15, 0.2) is 28.9 Å². The van der Waals surface area contributed by atoms with Crippen molar-refractivity contribution in [3.8, 4) is 0 Å². The lowest BCUT2D eigenvalue weighted by Gasteiger charge is -1.98. The lowest BCUT2D eigenvalue weighted by atomic mass is 10.3. The summed E-state index contributed by atoms with van der Waals surface area (Å²) in [6.07, 6.45) is -2.12. The van der Waals surface area contributed by atoms with E-state index in [1.807, 2.05) is 0 Å². The number of alkyl halides is 3. The van der Waals surface area contributed by atoms with E-state index < -0.39 is 12.0 Å². The first-order chi connectivity index (χ1) is 6.00. The van der Waals surface area contributed by atoms with E-state index in [1.54, 1.807) is 0 Å². The maximum absolute atomic E-state index is 11.6. The van der Waals surface area contributed by atoms with Crippen molar-refractivity contribution in [3.63, 3.8) is 0 Å². The quantitative estimate of drug-likeness (QED) is 0.670. The van der Waals surface area contributed by atoms with Gasteiger partial charge in [-0.3, -0.25) is 4.79 Å². The van der Waals surface area contributed by atoms with Gasteiger partial charge < -0.3 is 4.42 Å². The summed E-state index contributed by atoms with van der Waals surface area (Å²) in [4.78, 5) is 10.3. The summed E-state index contributed by atoms with van der Waals surface area (Å²) in [7, 11) is 0. The number of allylic oxidation sites excluding steroid dienone is 1. The first kappa shape index (κ1) is 9.57. The Morgan fingerprint density at radius 2 is 2.15 bits per heavy atom. The van der Waals surface area contributed by atoms with Gasteiger partial charge in [-0.15, -0.1) is 0 Å². The molecule has 0 atom stereocenters. The molecule has 1 rings (SSSR count). The number of hydrogen-bond donors (Lipinski definition) is 0. The molecule has 0 fully saturated rings. The van der Waals surface area contributed by atoms with Crippen LogP contribution < -0.4 is 0 Å². The van der Waals surface area contributed by atoms with Crippen LogP contribution in [0.5, 0.6) is 0 Å². The smallest absolute Gasteiger partial charge is 0.454 e. The Hall–Kier alpha value is -1.52. The molecule has 0 aromatic carbocycles. The van der Waals surface area contributed by atoms with Crippen molar-refractivity contribution < 1.29 is 22.4 Å². The summed E-state index contributed by atoms with van der Waals surface area (Å²) in [5.41, 5.74) is 0. The minimum atomic E-state index is -4.82. The lowest BCUT2D eigenvalue weighted by molar-refractivity contribution is -0.165. The molecule has 0 aliphatic rings. The molecule has 0 amide bonds. The fourth-order valence-corrected chi connectivity index (χ4v) is 0.638. The predicted octanol–water partition coefficient (Wildman–Crippen LogP) is 2.42. The summed E-state index contributed by atoms with van der Waals surface area (Å²) < 4.78 is 39.6. The van der Waals surface area contributed by atoms with Crippen LogP contribution in [-0.2, 0) is 4.79 Å². The maximum atomic E-state index is 11.6. The minimum absolute atomic E-state index is 0.206. The molecule has 0 bridgehead atoms. The SMILES string of the molecule is O=C(C=Cc1ccco1)C(F)(F)F. The Morgan fingerprint density at radius 1 is 1.46 bits per heavy atom. The van der Waals surface area contributed by atoms with Gasteiger partial charge in [0.1, 0.15) is 5.76 Å². The summed E-state index contributed by atoms with van der Waals surface area (Å²) in [5, 5.41) is 0. The van der Waals surface area contributed by atoms with E-state index in [-0.39, 0.29) is 5.76 Å². The molecule has 13 heavy (non-hydrogen) atoms. The molecule has 0 N–H and O–H groups in total. The van der Waals surface area contributed by atoms with E-state index in [0.29, 0.717) is 6.08 Å². The van der Waals surface area contributed by atoms with Crippen molar-refractivity contribution >= 4 is 11.9 Å². The zero-order valence-electron chi connectivity index (χ0n) is 6.34. The van der Waals surface area contributed by atoms with Gasteiger partial charge in [-0.25, -0.2) is 0 Å². The second-order valence-corrected chi connectivity index (χ2v) is 2.21. The van der Waals surface area contributed by atoms with E-state index >= 15 is 0 Å². The highest BCUT2D eigenvalue weighted by Gasteiger charge is 2.35. The average molecular weight is 190 g/mol. The number of carbonyl (C=O) groups excluding carboxylic acids is 1. The number of furan rings is 1. The monoisotopic (exact) mass is 190 g/mol. The third-order valence-corrected chi connectivity index (χ3v) is 1.22. The molecule has 1 aromatic rings. The Kier molecular flexibility index (Phi) is 2.55. The topological polar surface area (TPSA) is 30.2 Å². The van der Waals surface area contributed by atoms with Gasteiger partial charge in [0.05, 0.1) is 6.26 Å². The standard InChI is InChI=1S/C8H5F3O2/c9-8(10,11)7(12)4-3-6-2-1-5-13-6/h1-5H. The Morgan fingerprint density at radius 3 is 2.62 bits per heavy atom. The molecule has 5 heteroatoms. The predicted molar refractivity (Wildman–Crippen MR) is 38.8 cm³/mol. The van der Waals surface area contributed by atoms with Crippen LogP contribution in [0.1, 0.15) is 5.76 Å². The van der Waals surface area contributed by atoms with Crippen LogP contribution in [0, 0.1) is 0 Å². The number of halogens is 3. The summed E-state index contributed by atoms with van der Waals surface area (Å²) >= 11 is 0. The first-order valence-electron chi connectivity index (χ1n) is 3.33. The van der Waals surface area contributed by atoms with Crippen molar-refractivity contribution in [1.29, 1.82) is 0 Å². The van der Waals surface area contributed by atoms with Gasteiger partial charge >= 0.3 is 6.18 Å². The van der Waals surface area contributed by atoms with Crippen LogP contribution in [0.25, 0.3) is 6.08 Å². The molecular weight excluding hydrogens is 185 g/mol. The second kappa shape index (κ2) is 3.47. The van der Waals surface area contributed by atoms with Crippen molar-refractivity contribution in [1.82, 2.24) is 0 Å². The summed E-state index contributed by atoms with van der Waals surface area (Å²) in [6.45, 7) is 0. The minimum Gasteiger partial charge on any atom is -0.465 e. The maximum Gasteiger partial charge on any atom is 0.454 e. The zero-order chi connectivity index (χ0) is 9.90. The van der Waals surface area contributed by atoms with Crippen LogP contribution in [0.4, 0.5) is 13.2 Å². The van der Waals surface area contributed by atoms with E-state index in [1.165, 1.54) is 18.4 Å². The van der Waals surface area contributed by atoms with E-state index in [4.69, 9.17) is 4.42 Å². The van der Waals surface area contributed by atoms with Crippen molar-refractivity contribution in [2.75, 3.05) is 0 Å². The average Bonchev–Trinajstić information content (AvgIpc) is 2.50. The van der Waals surface area contributed by atoms with Crippen LogP contribution in [0.3, 0.4) is 0 Å². The Balaban J connectivity index is 2.65. The Bertz CT molecular complexity index is 309. The van der Waals surface area contributed by atoms with Gasteiger partial charge in [0.25, 0.3) is 5.78 Å². The fraction of sp³-hybridized carbons (Fsp3) is 0.125. The largest absolute Gasteiger partial charge is 0.465 e. The Labute approximate surface area is 71.7 Å².